The third-order valence-corrected chi connectivity index (χ3v) is 3.69. The summed E-state index contributed by atoms with van der Waals surface area (Å²) in [4.78, 5) is 23.4. The van der Waals surface area contributed by atoms with Crippen molar-refractivity contribution >= 4 is 11.9 Å². The van der Waals surface area contributed by atoms with E-state index in [1.807, 2.05) is 0 Å². The zero-order valence-corrected chi connectivity index (χ0v) is 10.7. The number of carbonyl (C=O) groups is 2. The standard InChI is InChI=1S/C12H17N3O3/c1-7-9(6-13-15(7)3)10(16)14-12(2,11(17)18)8-4-5-8/h6,8H,4-5H2,1-3H3,(H,14,16)(H,17,18)/t12-/m1/s1. The number of aromatic nitrogens is 2. The summed E-state index contributed by atoms with van der Waals surface area (Å²) in [6, 6.07) is 0. The third-order valence-electron chi connectivity index (χ3n) is 3.69. The van der Waals surface area contributed by atoms with Crippen LogP contribution < -0.4 is 5.32 Å². The summed E-state index contributed by atoms with van der Waals surface area (Å²) in [6.07, 6.45) is 3.14. The Morgan fingerprint density at radius 3 is 2.56 bits per heavy atom. The molecule has 1 heterocycles. The van der Waals surface area contributed by atoms with Crippen LogP contribution in [0.2, 0.25) is 0 Å². The van der Waals surface area contributed by atoms with E-state index in [0.29, 0.717) is 5.56 Å². The van der Waals surface area contributed by atoms with Gasteiger partial charge in [-0.15, -0.1) is 0 Å². The number of amides is 1. The van der Waals surface area contributed by atoms with E-state index in [0.717, 1.165) is 18.5 Å². The molecule has 1 atom stereocenters. The molecule has 0 aromatic carbocycles. The molecule has 1 aliphatic rings. The Morgan fingerprint density at radius 2 is 2.17 bits per heavy atom. The monoisotopic (exact) mass is 251 g/mol. The molecule has 6 nitrogen and oxygen atoms in total. The van der Waals surface area contributed by atoms with Crippen LogP contribution in [-0.2, 0) is 11.8 Å². The fourth-order valence-corrected chi connectivity index (χ4v) is 2.02. The number of aryl methyl sites for hydroxylation is 1. The molecular weight excluding hydrogens is 234 g/mol. The van der Waals surface area contributed by atoms with Crippen molar-refractivity contribution in [3.05, 3.63) is 17.5 Å². The van der Waals surface area contributed by atoms with Gasteiger partial charge < -0.3 is 10.4 Å². The van der Waals surface area contributed by atoms with Crippen molar-refractivity contribution in [1.82, 2.24) is 15.1 Å². The minimum absolute atomic E-state index is 0.0240. The maximum absolute atomic E-state index is 12.1. The largest absolute Gasteiger partial charge is 0.480 e. The van der Waals surface area contributed by atoms with Crippen molar-refractivity contribution in [2.45, 2.75) is 32.2 Å². The fourth-order valence-electron chi connectivity index (χ4n) is 2.02. The number of hydrogen-bond acceptors (Lipinski definition) is 3. The van der Waals surface area contributed by atoms with E-state index in [1.165, 1.54) is 6.20 Å². The van der Waals surface area contributed by atoms with E-state index >= 15 is 0 Å². The van der Waals surface area contributed by atoms with Crippen LogP contribution in [0, 0.1) is 12.8 Å². The van der Waals surface area contributed by atoms with E-state index in [4.69, 9.17) is 0 Å². The van der Waals surface area contributed by atoms with Crippen molar-refractivity contribution < 1.29 is 14.7 Å². The van der Waals surface area contributed by atoms with Gasteiger partial charge in [-0.25, -0.2) is 4.79 Å². The van der Waals surface area contributed by atoms with Gasteiger partial charge in [0.15, 0.2) is 0 Å². The molecule has 0 spiro atoms. The average Bonchev–Trinajstić information content (AvgIpc) is 3.08. The molecule has 1 saturated carbocycles. The van der Waals surface area contributed by atoms with Crippen molar-refractivity contribution in [1.29, 1.82) is 0 Å². The molecule has 6 heteroatoms. The highest BCUT2D eigenvalue weighted by molar-refractivity contribution is 5.98. The maximum Gasteiger partial charge on any atom is 0.329 e. The van der Waals surface area contributed by atoms with Crippen LogP contribution >= 0.6 is 0 Å². The quantitative estimate of drug-likeness (QED) is 0.825. The van der Waals surface area contributed by atoms with Gasteiger partial charge in [-0.3, -0.25) is 9.48 Å². The topological polar surface area (TPSA) is 84.2 Å². The lowest BCUT2D eigenvalue weighted by molar-refractivity contribution is -0.144. The van der Waals surface area contributed by atoms with Crippen LogP contribution in [0.1, 0.15) is 35.8 Å². The summed E-state index contributed by atoms with van der Waals surface area (Å²) in [5, 5.41) is 15.9. The fraction of sp³-hybridized carbons (Fsp3) is 0.583. The zero-order valence-electron chi connectivity index (χ0n) is 10.7. The summed E-state index contributed by atoms with van der Waals surface area (Å²) in [6.45, 7) is 3.34. The lowest BCUT2D eigenvalue weighted by atomic mass is 9.95. The molecule has 0 bridgehead atoms. The second kappa shape index (κ2) is 4.12. The van der Waals surface area contributed by atoms with Gasteiger partial charge >= 0.3 is 5.97 Å². The molecule has 1 aromatic heterocycles. The first-order valence-corrected chi connectivity index (χ1v) is 5.90. The smallest absolute Gasteiger partial charge is 0.329 e. The van der Waals surface area contributed by atoms with Gasteiger partial charge in [0.2, 0.25) is 0 Å². The average molecular weight is 251 g/mol. The minimum atomic E-state index is -1.18. The molecule has 0 saturated heterocycles. The molecule has 0 unspecified atom stereocenters. The summed E-state index contributed by atoms with van der Waals surface area (Å²) in [5.74, 6) is -1.34. The van der Waals surface area contributed by atoms with Gasteiger partial charge in [0, 0.05) is 12.7 Å². The van der Waals surface area contributed by atoms with Crippen molar-refractivity contribution in [2.75, 3.05) is 0 Å². The van der Waals surface area contributed by atoms with E-state index < -0.39 is 11.5 Å². The molecule has 0 radical (unpaired) electrons. The Morgan fingerprint density at radius 1 is 1.56 bits per heavy atom. The number of nitrogens with one attached hydrogen (secondary N) is 1. The molecule has 1 aromatic rings. The lowest BCUT2D eigenvalue weighted by Crippen LogP contribution is -2.54. The normalized spacial score (nSPS) is 18.2. The van der Waals surface area contributed by atoms with E-state index in [-0.39, 0.29) is 11.8 Å². The van der Waals surface area contributed by atoms with Crippen LogP contribution in [0.4, 0.5) is 0 Å². The molecule has 1 amide bonds. The Balaban J connectivity index is 2.20. The number of hydrogen-bond donors (Lipinski definition) is 2. The van der Waals surface area contributed by atoms with E-state index in [1.54, 1.807) is 25.6 Å². The van der Waals surface area contributed by atoms with Crippen molar-refractivity contribution in [2.24, 2.45) is 13.0 Å². The second-order valence-electron chi connectivity index (χ2n) is 5.00. The SMILES string of the molecule is Cc1c(C(=O)N[C@@](C)(C(=O)O)C2CC2)cnn1C. The molecular formula is C12H17N3O3. The maximum atomic E-state index is 12.1. The summed E-state index contributed by atoms with van der Waals surface area (Å²) in [7, 11) is 1.74. The lowest BCUT2D eigenvalue weighted by Gasteiger charge is -2.26. The number of nitrogens with zero attached hydrogens (tertiary/aromatic N) is 2. The number of carbonyl (C=O) groups excluding carboxylic acids is 1. The molecule has 1 fully saturated rings. The Kier molecular flexibility index (Phi) is 2.88. The van der Waals surface area contributed by atoms with Gasteiger partial charge in [-0.05, 0) is 32.6 Å². The minimum Gasteiger partial charge on any atom is -0.480 e. The highest BCUT2D eigenvalue weighted by Crippen LogP contribution is 2.39. The Hall–Kier alpha value is -1.85. The predicted molar refractivity (Wildman–Crippen MR) is 64.2 cm³/mol. The highest BCUT2D eigenvalue weighted by Gasteiger charge is 2.48. The number of aliphatic carboxylic acids is 1. The summed E-state index contributed by atoms with van der Waals surface area (Å²) >= 11 is 0. The Labute approximate surface area is 105 Å². The molecule has 1 aliphatic carbocycles. The first-order valence-electron chi connectivity index (χ1n) is 5.90. The third kappa shape index (κ3) is 1.98. The van der Waals surface area contributed by atoms with E-state index in [2.05, 4.69) is 10.4 Å². The highest BCUT2D eigenvalue weighted by atomic mass is 16.4. The van der Waals surface area contributed by atoms with Gasteiger partial charge in [0.05, 0.1) is 11.8 Å². The van der Waals surface area contributed by atoms with Crippen LogP contribution in [0.3, 0.4) is 0 Å². The number of rotatable bonds is 4. The second-order valence-corrected chi connectivity index (χ2v) is 5.00. The van der Waals surface area contributed by atoms with Crippen LogP contribution in [0.5, 0.6) is 0 Å². The van der Waals surface area contributed by atoms with Gasteiger partial charge in [-0.1, -0.05) is 0 Å². The first-order chi connectivity index (χ1) is 8.36. The molecule has 18 heavy (non-hydrogen) atoms. The van der Waals surface area contributed by atoms with Crippen LogP contribution in [0.25, 0.3) is 0 Å². The number of carboxylic acid groups (broad SMARTS) is 1. The first kappa shape index (κ1) is 12.6. The Bertz CT molecular complexity index is 505. The van der Waals surface area contributed by atoms with Gasteiger partial charge in [0.1, 0.15) is 5.54 Å². The molecule has 2 N–H and O–H groups in total. The van der Waals surface area contributed by atoms with E-state index in [9.17, 15) is 14.7 Å². The summed E-state index contributed by atoms with van der Waals surface area (Å²) < 4.78 is 1.59. The predicted octanol–water partition coefficient (Wildman–Crippen LogP) is 0.712. The van der Waals surface area contributed by atoms with Crippen molar-refractivity contribution in [3.63, 3.8) is 0 Å². The van der Waals surface area contributed by atoms with Crippen LogP contribution in [0.15, 0.2) is 6.20 Å². The molecule has 2 rings (SSSR count). The molecule has 0 aliphatic heterocycles. The molecule has 98 valence electrons. The van der Waals surface area contributed by atoms with Gasteiger partial charge in [0.25, 0.3) is 5.91 Å². The van der Waals surface area contributed by atoms with Crippen molar-refractivity contribution in [3.8, 4) is 0 Å². The summed E-state index contributed by atoms with van der Waals surface area (Å²) in [5.41, 5.74) is -0.0408. The van der Waals surface area contributed by atoms with Gasteiger partial charge in [-0.2, -0.15) is 5.10 Å². The van der Waals surface area contributed by atoms with Crippen LogP contribution in [-0.4, -0.2) is 32.3 Å². The number of carboxylic acids is 1. The zero-order chi connectivity index (χ0) is 13.5.